The van der Waals surface area contributed by atoms with Gasteiger partial charge in [-0.05, 0) is 23.6 Å². The van der Waals surface area contributed by atoms with Crippen molar-refractivity contribution in [1.29, 1.82) is 0 Å². The molecule has 1 aromatic rings. The highest BCUT2D eigenvalue weighted by Gasteiger charge is 2.32. The Morgan fingerprint density at radius 1 is 1.26 bits per heavy atom. The number of halogens is 4. The van der Waals surface area contributed by atoms with Gasteiger partial charge < -0.3 is 15.6 Å². The third-order valence-electron chi connectivity index (χ3n) is 2.62. The zero-order valence-corrected chi connectivity index (χ0v) is 10.4. The van der Waals surface area contributed by atoms with Gasteiger partial charge in [-0.15, -0.1) is 13.2 Å². The predicted molar refractivity (Wildman–Crippen MR) is 60.9 cm³/mol. The minimum Gasteiger partial charge on any atom is -0.403 e. The molecule has 1 aromatic carbocycles. The molecule has 0 saturated carbocycles. The maximum atomic E-state index is 13.4. The smallest absolute Gasteiger partial charge is 0.403 e. The monoisotopic (exact) mass is 281 g/mol. The van der Waals surface area contributed by atoms with Crippen LogP contribution in [0.4, 0.5) is 17.6 Å². The lowest BCUT2D eigenvalue weighted by atomic mass is 9.94. The third kappa shape index (κ3) is 4.36. The summed E-state index contributed by atoms with van der Waals surface area (Å²) in [5.41, 5.74) is 5.91. The lowest BCUT2D eigenvalue weighted by molar-refractivity contribution is -0.275. The van der Waals surface area contributed by atoms with Crippen LogP contribution >= 0.6 is 0 Å². The van der Waals surface area contributed by atoms with Crippen molar-refractivity contribution in [3.8, 4) is 5.75 Å². The zero-order chi connectivity index (χ0) is 14.8. The molecule has 0 saturated heterocycles. The van der Waals surface area contributed by atoms with E-state index in [1.54, 1.807) is 13.8 Å². The van der Waals surface area contributed by atoms with Crippen LogP contribution in [0.2, 0.25) is 0 Å². The number of benzene rings is 1. The second-order valence-electron chi connectivity index (χ2n) is 4.50. The molecule has 0 spiro atoms. The predicted octanol–water partition coefficient (Wildman–Crippen LogP) is 2.74. The zero-order valence-electron chi connectivity index (χ0n) is 10.4. The Morgan fingerprint density at radius 2 is 1.84 bits per heavy atom. The van der Waals surface area contributed by atoms with Crippen molar-refractivity contribution in [2.45, 2.75) is 32.4 Å². The summed E-state index contributed by atoms with van der Waals surface area (Å²) in [5, 5.41) is 9.74. The van der Waals surface area contributed by atoms with E-state index < -0.39 is 30.1 Å². The van der Waals surface area contributed by atoms with Crippen molar-refractivity contribution in [2.75, 3.05) is 0 Å². The lowest BCUT2D eigenvalue weighted by Crippen LogP contribution is -2.30. The second kappa shape index (κ2) is 5.75. The Bertz CT molecular complexity index is 434. The van der Waals surface area contributed by atoms with Crippen LogP contribution in [0.3, 0.4) is 0 Å². The van der Waals surface area contributed by atoms with Crippen LogP contribution in [0.15, 0.2) is 18.2 Å². The van der Waals surface area contributed by atoms with Gasteiger partial charge in [0.1, 0.15) is 0 Å². The summed E-state index contributed by atoms with van der Waals surface area (Å²) in [6, 6.07) is 1.98. The van der Waals surface area contributed by atoms with Crippen molar-refractivity contribution in [1.82, 2.24) is 0 Å². The van der Waals surface area contributed by atoms with Crippen molar-refractivity contribution in [2.24, 2.45) is 11.7 Å². The average Bonchev–Trinajstić information content (AvgIpc) is 2.28. The first-order valence-electron chi connectivity index (χ1n) is 5.60. The summed E-state index contributed by atoms with van der Waals surface area (Å²) in [6.07, 6.45) is -5.88. The highest BCUT2D eigenvalue weighted by atomic mass is 19.4. The van der Waals surface area contributed by atoms with E-state index in [1.807, 2.05) is 0 Å². The summed E-state index contributed by atoms with van der Waals surface area (Å²) in [5.74, 6) is -2.27. The topological polar surface area (TPSA) is 55.5 Å². The first-order valence-corrected chi connectivity index (χ1v) is 5.60. The van der Waals surface area contributed by atoms with Crippen LogP contribution in [-0.2, 0) is 0 Å². The average molecular weight is 281 g/mol. The van der Waals surface area contributed by atoms with E-state index in [4.69, 9.17) is 5.73 Å². The van der Waals surface area contributed by atoms with Crippen LogP contribution in [0.1, 0.15) is 25.5 Å². The molecule has 0 bridgehead atoms. The highest BCUT2D eigenvalue weighted by molar-refractivity contribution is 5.31. The van der Waals surface area contributed by atoms with Crippen molar-refractivity contribution >= 4 is 0 Å². The molecule has 0 fully saturated rings. The van der Waals surface area contributed by atoms with Crippen LogP contribution in [-0.4, -0.2) is 17.6 Å². The third-order valence-corrected chi connectivity index (χ3v) is 2.62. The van der Waals surface area contributed by atoms with E-state index in [1.165, 1.54) is 6.07 Å². The first kappa shape index (κ1) is 15.7. The number of aliphatic hydroxyl groups is 1. The van der Waals surface area contributed by atoms with Gasteiger partial charge in [0.25, 0.3) is 0 Å². The van der Waals surface area contributed by atoms with Gasteiger partial charge in [0.2, 0.25) is 0 Å². The Kier molecular flexibility index (Phi) is 4.75. The SMILES string of the molecule is CC(C)[C@@H](O)[C@@H](N)c1ccc(OC(F)(F)F)c(F)c1. The summed E-state index contributed by atoms with van der Waals surface area (Å²) < 4.78 is 52.8. The number of hydrogen-bond acceptors (Lipinski definition) is 3. The van der Waals surface area contributed by atoms with Crippen LogP contribution < -0.4 is 10.5 Å². The standard InChI is InChI=1S/C12H15F4NO2/c1-6(2)11(18)10(17)7-3-4-9(8(13)5-7)19-12(14,15)16/h3-6,10-11,18H,17H2,1-2H3/t10-,11+/m0/s1. The molecule has 19 heavy (non-hydrogen) atoms. The van der Waals surface area contributed by atoms with Crippen molar-refractivity contribution in [3.05, 3.63) is 29.6 Å². The Morgan fingerprint density at radius 3 is 2.26 bits per heavy atom. The van der Waals surface area contributed by atoms with Crippen molar-refractivity contribution < 1.29 is 27.4 Å². The molecule has 7 heteroatoms. The molecule has 0 aliphatic heterocycles. The van der Waals surface area contributed by atoms with E-state index in [-0.39, 0.29) is 11.5 Å². The molecule has 0 aliphatic rings. The van der Waals surface area contributed by atoms with E-state index in [2.05, 4.69) is 4.74 Å². The number of ether oxygens (including phenoxy) is 1. The van der Waals surface area contributed by atoms with Gasteiger partial charge in [0, 0.05) is 0 Å². The maximum Gasteiger partial charge on any atom is 0.573 e. The number of nitrogens with two attached hydrogens (primary N) is 1. The van der Waals surface area contributed by atoms with Gasteiger partial charge in [0.05, 0.1) is 12.1 Å². The number of rotatable bonds is 4. The Hall–Kier alpha value is -1.34. The molecule has 0 heterocycles. The molecular weight excluding hydrogens is 266 g/mol. The highest BCUT2D eigenvalue weighted by Crippen LogP contribution is 2.28. The maximum absolute atomic E-state index is 13.4. The minimum atomic E-state index is -4.96. The van der Waals surface area contributed by atoms with E-state index in [9.17, 15) is 22.7 Å². The van der Waals surface area contributed by atoms with Gasteiger partial charge >= 0.3 is 6.36 Å². The van der Waals surface area contributed by atoms with Gasteiger partial charge in [-0.1, -0.05) is 19.9 Å². The largest absolute Gasteiger partial charge is 0.573 e. The molecule has 108 valence electrons. The summed E-state index contributed by atoms with van der Waals surface area (Å²) in [4.78, 5) is 0. The van der Waals surface area contributed by atoms with E-state index in [0.717, 1.165) is 12.1 Å². The molecule has 0 aromatic heterocycles. The van der Waals surface area contributed by atoms with E-state index >= 15 is 0 Å². The fourth-order valence-electron chi connectivity index (χ4n) is 1.54. The van der Waals surface area contributed by atoms with Crippen molar-refractivity contribution in [3.63, 3.8) is 0 Å². The second-order valence-corrected chi connectivity index (χ2v) is 4.50. The molecule has 0 amide bonds. The molecule has 0 unspecified atom stereocenters. The Labute approximate surface area is 108 Å². The minimum absolute atomic E-state index is 0.163. The molecular formula is C12H15F4NO2. The molecule has 1 rings (SSSR count). The summed E-state index contributed by atoms with van der Waals surface area (Å²) in [6.45, 7) is 3.45. The molecule has 2 atom stereocenters. The molecule has 0 aliphatic carbocycles. The van der Waals surface area contributed by atoms with Gasteiger partial charge in [-0.25, -0.2) is 4.39 Å². The summed E-state index contributed by atoms with van der Waals surface area (Å²) >= 11 is 0. The van der Waals surface area contributed by atoms with Crippen LogP contribution in [0.25, 0.3) is 0 Å². The molecule has 0 radical (unpaired) electrons. The molecule has 3 nitrogen and oxygen atoms in total. The first-order chi connectivity index (χ1) is 8.61. The fourth-order valence-corrected chi connectivity index (χ4v) is 1.54. The Balaban J connectivity index is 2.94. The number of alkyl halides is 3. The molecule has 3 N–H and O–H groups in total. The van der Waals surface area contributed by atoms with Gasteiger partial charge in [0.15, 0.2) is 11.6 Å². The number of aliphatic hydroxyl groups excluding tert-OH is 1. The van der Waals surface area contributed by atoms with Crippen LogP contribution in [0, 0.1) is 11.7 Å². The van der Waals surface area contributed by atoms with Crippen LogP contribution in [0.5, 0.6) is 5.75 Å². The van der Waals surface area contributed by atoms with Gasteiger partial charge in [-0.3, -0.25) is 0 Å². The fraction of sp³-hybridized carbons (Fsp3) is 0.500. The number of hydrogen-bond donors (Lipinski definition) is 2. The quantitative estimate of drug-likeness (QED) is 0.834. The van der Waals surface area contributed by atoms with E-state index in [0.29, 0.717) is 0 Å². The lowest BCUT2D eigenvalue weighted by Gasteiger charge is -2.22. The normalized spacial score (nSPS) is 15.4. The van der Waals surface area contributed by atoms with Gasteiger partial charge in [-0.2, -0.15) is 0 Å². The summed E-state index contributed by atoms with van der Waals surface area (Å²) in [7, 11) is 0.